The largest absolute Gasteiger partial charge is 0.445 e. The van der Waals surface area contributed by atoms with Gasteiger partial charge in [-0.25, -0.2) is 9.59 Å². The summed E-state index contributed by atoms with van der Waals surface area (Å²) in [5.74, 6) is 0.650. The molecule has 1 aliphatic carbocycles. The molecule has 3 rings (SSSR count). The van der Waals surface area contributed by atoms with Crippen LogP contribution in [-0.4, -0.2) is 66.4 Å². The highest BCUT2D eigenvalue weighted by atomic mass is 16.6. The van der Waals surface area contributed by atoms with Crippen LogP contribution in [0, 0.1) is 5.92 Å². The minimum absolute atomic E-state index is 0.197. The van der Waals surface area contributed by atoms with E-state index >= 15 is 0 Å². The van der Waals surface area contributed by atoms with Crippen LogP contribution in [0.5, 0.6) is 0 Å². The Labute approximate surface area is 198 Å². The van der Waals surface area contributed by atoms with Crippen molar-refractivity contribution in [1.82, 2.24) is 15.1 Å². The van der Waals surface area contributed by atoms with E-state index in [1.165, 1.54) is 0 Å². The van der Waals surface area contributed by atoms with Gasteiger partial charge in [0.1, 0.15) is 12.2 Å². The molecular weight excluding hydrogens is 418 g/mol. The lowest BCUT2D eigenvalue weighted by molar-refractivity contribution is 0.0146. The van der Waals surface area contributed by atoms with E-state index in [4.69, 9.17) is 9.47 Å². The van der Waals surface area contributed by atoms with E-state index in [1.54, 1.807) is 0 Å². The van der Waals surface area contributed by atoms with Gasteiger partial charge in [-0.05, 0) is 77.8 Å². The van der Waals surface area contributed by atoms with Crippen molar-refractivity contribution in [2.75, 3.05) is 26.7 Å². The van der Waals surface area contributed by atoms with Crippen LogP contribution in [0.4, 0.5) is 9.59 Å². The van der Waals surface area contributed by atoms with Gasteiger partial charge < -0.3 is 24.6 Å². The number of rotatable bonds is 6. The van der Waals surface area contributed by atoms with Gasteiger partial charge in [0.05, 0.1) is 0 Å². The Balaban J connectivity index is 1.31. The number of piperidine rings is 1. The van der Waals surface area contributed by atoms with Gasteiger partial charge in [-0.15, -0.1) is 0 Å². The fraction of sp³-hybridized carbons (Fsp3) is 0.692. The Kier molecular flexibility index (Phi) is 9.01. The second-order valence-electron chi connectivity index (χ2n) is 10.6. The summed E-state index contributed by atoms with van der Waals surface area (Å²) in [6, 6.07) is 10.5. The topological polar surface area (TPSA) is 71.1 Å². The smallest absolute Gasteiger partial charge is 0.410 e. The third kappa shape index (κ3) is 8.54. The molecule has 1 aromatic rings. The molecule has 0 radical (unpaired) electrons. The van der Waals surface area contributed by atoms with E-state index in [2.05, 4.69) is 17.3 Å². The summed E-state index contributed by atoms with van der Waals surface area (Å²) in [5, 5.41) is 3.03. The number of ether oxygens (including phenoxy) is 2. The molecule has 1 N–H and O–H groups in total. The van der Waals surface area contributed by atoms with Gasteiger partial charge in [0.25, 0.3) is 0 Å². The number of hydrogen-bond donors (Lipinski definition) is 1. The summed E-state index contributed by atoms with van der Waals surface area (Å²) in [7, 11) is 2.21. The van der Waals surface area contributed by atoms with Gasteiger partial charge in [0.2, 0.25) is 0 Å². The number of carbonyl (C=O) groups excluding carboxylic acids is 2. The number of alkyl carbamates (subject to hydrolysis) is 1. The molecule has 2 fully saturated rings. The van der Waals surface area contributed by atoms with Crippen molar-refractivity contribution in [2.24, 2.45) is 5.92 Å². The zero-order valence-corrected chi connectivity index (χ0v) is 20.7. The van der Waals surface area contributed by atoms with E-state index in [9.17, 15) is 9.59 Å². The molecule has 1 aliphatic heterocycles. The first-order chi connectivity index (χ1) is 15.7. The van der Waals surface area contributed by atoms with E-state index in [1.807, 2.05) is 56.0 Å². The summed E-state index contributed by atoms with van der Waals surface area (Å²) in [4.78, 5) is 28.7. The Bertz CT molecular complexity index is 749. The van der Waals surface area contributed by atoms with Crippen molar-refractivity contribution < 1.29 is 19.1 Å². The van der Waals surface area contributed by atoms with Crippen molar-refractivity contribution in [1.29, 1.82) is 0 Å². The maximum atomic E-state index is 12.3. The van der Waals surface area contributed by atoms with Gasteiger partial charge in [-0.3, -0.25) is 0 Å². The zero-order chi connectivity index (χ0) is 23.8. The third-order valence-electron chi connectivity index (χ3n) is 6.67. The van der Waals surface area contributed by atoms with Crippen molar-refractivity contribution in [2.45, 2.75) is 83.6 Å². The second kappa shape index (κ2) is 11.7. The first kappa shape index (κ1) is 25.3. The summed E-state index contributed by atoms with van der Waals surface area (Å²) < 4.78 is 10.9. The Morgan fingerprint density at radius 3 is 2.27 bits per heavy atom. The van der Waals surface area contributed by atoms with Crippen molar-refractivity contribution in [3.05, 3.63) is 35.9 Å². The summed E-state index contributed by atoms with van der Waals surface area (Å²) in [6.07, 6.45) is 5.68. The van der Waals surface area contributed by atoms with Gasteiger partial charge >= 0.3 is 12.2 Å². The standard InChI is InChI=1S/C26H41N3O4/c1-26(2,3)33-25(31)29-16-14-23(15-17-29)28(4)18-20-10-12-22(13-11-20)27-24(30)32-19-21-8-6-5-7-9-21/h5-9,20,22-23H,10-19H2,1-4H3,(H,27,30). The molecule has 1 heterocycles. The van der Waals surface area contributed by atoms with E-state index < -0.39 is 5.60 Å². The number of carbonyl (C=O) groups is 2. The van der Waals surface area contributed by atoms with E-state index in [-0.39, 0.29) is 18.2 Å². The molecule has 1 saturated heterocycles. The van der Waals surface area contributed by atoms with Crippen LogP contribution in [0.3, 0.4) is 0 Å². The monoisotopic (exact) mass is 459 g/mol. The maximum Gasteiger partial charge on any atom is 0.410 e. The number of benzene rings is 1. The van der Waals surface area contributed by atoms with Crippen LogP contribution < -0.4 is 5.32 Å². The molecule has 7 heteroatoms. The molecule has 7 nitrogen and oxygen atoms in total. The summed E-state index contributed by atoms with van der Waals surface area (Å²) in [6.45, 7) is 8.61. The Morgan fingerprint density at radius 2 is 1.67 bits per heavy atom. The highest BCUT2D eigenvalue weighted by Crippen LogP contribution is 2.27. The summed E-state index contributed by atoms with van der Waals surface area (Å²) >= 11 is 0. The Morgan fingerprint density at radius 1 is 1.03 bits per heavy atom. The molecule has 0 spiro atoms. The van der Waals surface area contributed by atoms with Gasteiger partial charge in [0, 0.05) is 31.7 Å². The van der Waals surface area contributed by atoms with Crippen LogP contribution in [0.1, 0.15) is 64.9 Å². The fourth-order valence-corrected chi connectivity index (χ4v) is 4.79. The van der Waals surface area contributed by atoms with Crippen molar-refractivity contribution in [3.8, 4) is 0 Å². The molecule has 184 valence electrons. The normalized spacial score (nSPS) is 22.2. The predicted octanol–water partition coefficient (Wildman–Crippen LogP) is 4.80. The molecule has 0 aromatic heterocycles. The van der Waals surface area contributed by atoms with Crippen molar-refractivity contribution in [3.63, 3.8) is 0 Å². The number of hydrogen-bond acceptors (Lipinski definition) is 5. The zero-order valence-electron chi connectivity index (χ0n) is 20.7. The lowest BCUT2D eigenvalue weighted by atomic mass is 9.85. The maximum absolute atomic E-state index is 12.3. The number of amides is 2. The van der Waals surface area contributed by atoms with Crippen LogP contribution in [0.25, 0.3) is 0 Å². The van der Waals surface area contributed by atoms with Gasteiger partial charge in [-0.1, -0.05) is 30.3 Å². The molecule has 2 aliphatic rings. The highest BCUT2D eigenvalue weighted by Gasteiger charge is 2.30. The average Bonchev–Trinajstić information content (AvgIpc) is 2.78. The molecule has 0 bridgehead atoms. The van der Waals surface area contributed by atoms with Crippen LogP contribution >= 0.6 is 0 Å². The molecule has 2 amide bonds. The van der Waals surface area contributed by atoms with Crippen LogP contribution in [0.15, 0.2) is 30.3 Å². The van der Waals surface area contributed by atoms with Gasteiger partial charge in [0.15, 0.2) is 0 Å². The number of likely N-dealkylation sites (tertiary alicyclic amines) is 1. The molecule has 0 atom stereocenters. The first-order valence-electron chi connectivity index (χ1n) is 12.3. The lowest BCUT2D eigenvalue weighted by Gasteiger charge is -2.39. The lowest BCUT2D eigenvalue weighted by Crippen LogP contribution is -2.48. The highest BCUT2D eigenvalue weighted by molar-refractivity contribution is 5.68. The molecule has 33 heavy (non-hydrogen) atoms. The van der Waals surface area contributed by atoms with Crippen LogP contribution in [0.2, 0.25) is 0 Å². The quantitative estimate of drug-likeness (QED) is 0.661. The predicted molar refractivity (Wildman–Crippen MR) is 129 cm³/mol. The Hall–Kier alpha value is -2.28. The van der Waals surface area contributed by atoms with Crippen LogP contribution in [-0.2, 0) is 16.1 Å². The molecule has 1 saturated carbocycles. The number of nitrogens with one attached hydrogen (secondary N) is 1. The third-order valence-corrected chi connectivity index (χ3v) is 6.67. The fourth-order valence-electron chi connectivity index (χ4n) is 4.79. The molecule has 1 aromatic carbocycles. The van der Waals surface area contributed by atoms with E-state index in [0.29, 0.717) is 18.6 Å². The molecular formula is C26H41N3O4. The minimum atomic E-state index is -0.447. The second-order valence-corrected chi connectivity index (χ2v) is 10.6. The molecule has 0 unspecified atom stereocenters. The first-order valence-corrected chi connectivity index (χ1v) is 12.3. The van der Waals surface area contributed by atoms with E-state index in [0.717, 1.165) is 63.7 Å². The minimum Gasteiger partial charge on any atom is -0.445 e. The van der Waals surface area contributed by atoms with Crippen molar-refractivity contribution >= 4 is 12.2 Å². The summed E-state index contributed by atoms with van der Waals surface area (Å²) in [5.41, 5.74) is 0.549. The average molecular weight is 460 g/mol. The van der Waals surface area contributed by atoms with Gasteiger partial charge in [-0.2, -0.15) is 0 Å². The SMILES string of the molecule is CN(CC1CCC(NC(=O)OCc2ccccc2)CC1)C1CCN(C(=O)OC(C)(C)C)CC1. The number of nitrogens with zero attached hydrogens (tertiary/aromatic N) is 2.